The minimum Gasteiger partial charge on any atom is -0.493 e. The number of nitrogens with one attached hydrogen (secondary N) is 1. The summed E-state index contributed by atoms with van der Waals surface area (Å²) in [5.74, 6) is 0.533. The van der Waals surface area contributed by atoms with E-state index in [2.05, 4.69) is 27.5 Å². The lowest BCUT2D eigenvalue weighted by molar-refractivity contribution is 0.336. The van der Waals surface area contributed by atoms with Gasteiger partial charge in [-0.15, -0.1) is 11.3 Å². The molecule has 140 valence electrons. The minimum absolute atomic E-state index is 0.423. The van der Waals surface area contributed by atoms with Crippen LogP contribution in [0, 0.1) is 0 Å². The molecule has 1 aliphatic rings. The van der Waals surface area contributed by atoms with Gasteiger partial charge in [0.2, 0.25) is 5.13 Å². The van der Waals surface area contributed by atoms with Gasteiger partial charge in [0.1, 0.15) is 0 Å². The van der Waals surface area contributed by atoms with E-state index in [1.54, 1.807) is 19.2 Å². The molecule has 1 saturated heterocycles. The SMILES string of the molecule is COc1cccc2cc(-c3csc(NN=C4CCN(C)CC4)n3)c(=O)oc12. The summed E-state index contributed by atoms with van der Waals surface area (Å²) in [5, 5.41) is 7.73. The van der Waals surface area contributed by atoms with E-state index in [9.17, 15) is 4.79 Å². The van der Waals surface area contributed by atoms with Crippen LogP contribution >= 0.6 is 11.3 Å². The number of hydrogen-bond acceptors (Lipinski definition) is 8. The third kappa shape index (κ3) is 3.72. The highest BCUT2D eigenvalue weighted by Crippen LogP contribution is 2.29. The lowest BCUT2D eigenvalue weighted by Gasteiger charge is -2.22. The average molecular weight is 384 g/mol. The molecule has 0 radical (unpaired) electrons. The van der Waals surface area contributed by atoms with Gasteiger partial charge in [0, 0.05) is 42.4 Å². The van der Waals surface area contributed by atoms with Crippen LogP contribution in [0.15, 0.2) is 44.0 Å². The molecule has 27 heavy (non-hydrogen) atoms. The maximum absolute atomic E-state index is 12.4. The van der Waals surface area contributed by atoms with Crippen molar-refractivity contribution in [3.8, 4) is 17.0 Å². The maximum atomic E-state index is 12.4. The number of fused-ring (bicyclic) bond motifs is 1. The summed E-state index contributed by atoms with van der Waals surface area (Å²) in [6.07, 6.45) is 1.91. The van der Waals surface area contributed by atoms with Crippen LogP contribution in [0.3, 0.4) is 0 Å². The standard InChI is InChI=1S/C19H20N4O3S/c1-23-8-6-13(7-9-23)21-22-19-20-15(11-27-19)14-10-12-4-3-5-16(25-2)17(12)26-18(14)24/h3-5,10-11H,6-9H2,1-2H3,(H,20,22). The van der Waals surface area contributed by atoms with Gasteiger partial charge >= 0.3 is 5.63 Å². The number of benzene rings is 1. The molecule has 0 bridgehead atoms. The second-order valence-corrected chi connectivity index (χ2v) is 7.32. The Bertz CT molecular complexity index is 1050. The normalized spacial score (nSPS) is 15.1. The van der Waals surface area contributed by atoms with Crippen LogP contribution in [0.5, 0.6) is 5.75 Å². The van der Waals surface area contributed by atoms with Gasteiger partial charge in [0.05, 0.1) is 18.4 Å². The van der Waals surface area contributed by atoms with Crippen LogP contribution in [-0.2, 0) is 0 Å². The van der Waals surface area contributed by atoms with Crippen LogP contribution in [-0.4, -0.2) is 42.8 Å². The molecule has 1 aromatic carbocycles. The van der Waals surface area contributed by atoms with Gasteiger partial charge in [-0.05, 0) is 19.2 Å². The molecular formula is C19H20N4O3S. The molecule has 3 heterocycles. The van der Waals surface area contributed by atoms with Crippen LogP contribution in [0.4, 0.5) is 5.13 Å². The topological polar surface area (TPSA) is 80.0 Å². The zero-order chi connectivity index (χ0) is 18.8. The molecule has 2 aromatic heterocycles. The van der Waals surface area contributed by atoms with E-state index >= 15 is 0 Å². The minimum atomic E-state index is -0.439. The quantitative estimate of drug-likeness (QED) is 0.548. The zero-order valence-corrected chi connectivity index (χ0v) is 16.0. The average Bonchev–Trinajstić information content (AvgIpc) is 3.15. The number of para-hydroxylation sites is 1. The largest absolute Gasteiger partial charge is 0.493 e. The molecule has 4 rings (SSSR count). The van der Waals surface area contributed by atoms with Crippen molar-refractivity contribution in [3.05, 3.63) is 40.1 Å². The number of hydrogen-bond donors (Lipinski definition) is 1. The first kappa shape index (κ1) is 17.7. The number of likely N-dealkylation sites (tertiary alicyclic amines) is 1. The second-order valence-electron chi connectivity index (χ2n) is 6.46. The summed E-state index contributed by atoms with van der Waals surface area (Å²) in [6, 6.07) is 7.28. The van der Waals surface area contributed by atoms with E-state index < -0.39 is 5.63 Å². The van der Waals surface area contributed by atoms with Crippen molar-refractivity contribution >= 4 is 33.1 Å². The summed E-state index contributed by atoms with van der Waals surface area (Å²) < 4.78 is 10.7. The number of aromatic nitrogens is 1. The van der Waals surface area contributed by atoms with Crippen LogP contribution in [0.25, 0.3) is 22.2 Å². The lowest BCUT2D eigenvalue weighted by atomic mass is 10.1. The van der Waals surface area contributed by atoms with E-state index in [4.69, 9.17) is 9.15 Å². The van der Waals surface area contributed by atoms with Crippen LogP contribution in [0.2, 0.25) is 0 Å². The molecule has 1 N–H and O–H groups in total. The van der Waals surface area contributed by atoms with E-state index in [-0.39, 0.29) is 0 Å². The number of thiazole rings is 1. The van der Waals surface area contributed by atoms with Crippen LogP contribution < -0.4 is 15.8 Å². The summed E-state index contributed by atoms with van der Waals surface area (Å²) in [5.41, 5.74) is 5.16. The predicted octanol–water partition coefficient (Wildman–Crippen LogP) is 3.42. The molecule has 7 nitrogen and oxygen atoms in total. The van der Waals surface area contributed by atoms with E-state index in [1.165, 1.54) is 11.3 Å². The van der Waals surface area contributed by atoms with Crippen molar-refractivity contribution in [2.24, 2.45) is 5.10 Å². The van der Waals surface area contributed by atoms with Crippen LogP contribution in [0.1, 0.15) is 12.8 Å². The summed E-state index contributed by atoms with van der Waals surface area (Å²) in [4.78, 5) is 19.2. The van der Waals surface area contributed by atoms with Crippen molar-refractivity contribution in [1.82, 2.24) is 9.88 Å². The Labute approximate surface area is 160 Å². The van der Waals surface area contributed by atoms with Crippen molar-refractivity contribution in [1.29, 1.82) is 0 Å². The number of anilines is 1. The van der Waals surface area contributed by atoms with Crippen molar-refractivity contribution in [2.75, 3.05) is 32.7 Å². The Balaban J connectivity index is 1.59. The fourth-order valence-corrected chi connectivity index (χ4v) is 3.67. The number of methoxy groups -OCH3 is 1. The van der Waals surface area contributed by atoms with Gasteiger partial charge in [-0.3, -0.25) is 5.43 Å². The smallest absolute Gasteiger partial charge is 0.345 e. The van der Waals surface area contributed by atoms with E-state index in [1.807, 2.05) is 17.5 Å². The molecule has 0 amide bonds. The first-order valence-corrected chi connectivity index (χ1v) is 9.59. The molecule has 0 spiro atoms. The third-order valence-electron chi connectivity index (χ3n) is 4.60. The molecule has 0 atom stereocenters. The lowest BCUT2D eigenvalue weighted by Crippen LogP contribution is -2.30. The van der Waals surface area contributed by atoms with Gasteiger partial charge in [0.25, 0.3) is 0 Å². The molecular weight excluding hydrogens is 364 g/mol. The van der Waals surface area contributed by atoms with E-state index in [0.717, 1.165) is 37.0 Å². The predicted molar refractivity (Wildman–Crippen MR) is 108 cm³/mol. The molecule has 3 aromatic rings. The van der Waals surface area contributed by atoms with Gasteiger partial charge < -0.3 is 14.1 Å². The Kier molecular flexibility index (Phi) is 4.91. The van der Waals surface area contributed by atoms with Gasteiger partial charge in [-0.25, -0.2) is 9.78 Å². The monoisotopic (exact) mass is 384 g/mol. The van der Waals surface area contributed by atoms with E-state index in [0.29, 0.717) is 27.7 Å². The Hall–Kier alpha value is -2.71. The molecule has 8 heteroatoms. The summed E-state index contributed by atoms with van der Waals surface area (Å²) in [7, 11) is 3.66. The Morgan fingerprint density at radius 2 is 2.15 bits per heavy atom. The Morgan fingerprint density at radius 3 is 2.93 bits per heavy atom. The maximum Gasteiger partial charge on any atom is 0.345 e. The first-order chi connectivity index (χ1) is 13.1. The second kappa shape index (κ2) is 7.50. The van der Waals surface area contributed by atoms with Gasteiger partial charge in [0.15, 0.2) is 11.3 Å². The molecule has 0 saturated carbocycles. The number of rotatable bonds is 4. The molecule has 0 unspecified atom stereocenters. The molecule has 1 fully saturated rings. The first-order valence-electron chi connectivity index (χ1n) is 8.71. The summed E-state index contributed by atoms with van der Waals surface area (Å²) in [6.45, 7) is 2.04. The fraction of sp³-hybridized carbons (Fsp3) is 0.316. The zero-order valence-electron chi connectivity index (χ0n) is 15.2. The summed E-state index contributed by atoms with van der Waals surface area (Å²) >= 11 is 1.41. The number of ether oxygens (including phenoxy) is 1. The highest BCUT2D eigenvalue weighted by molar-refractivity contribution is 7.14. The van der Waals surface area contributed by atoms with Crippen molar-refractivity contribution < 1.29 is 9.15 Å². The fourth-order valence-electron chi connectivity index (χ4n) is 3.02. The highest BCUT2D eigenvalue weighted by atomic mass is 32.1. The highest BCUT2D eigenvalue weighted by Gasteiger charge is 2.14. The Morgan fingerprint density at radius 1 is 1.33 bits per heavy atom. The van der Waals surface area contributed by atoms with Crippen molar-refractivity contribution in [2.45, 2.75) is 12.8 Å². The molecule has 1 aliphatic heterocycles. The number of piperidine rings is 1. The number of nitrogens with zero attached hydrogens (tertiary/aromatic N) is 3. The van der Waals surface area contributed by atoms with Crippen molar-refractivity contribution in [3.63, 3.8) is 0 Å². The van der Waals surface area contributed by atoms with Gasteiger partial charge in [-0.1, -0.05) is 12.1 Å². The number of hydrazone groups is 1. The van der Waals surface area contributed by atoms with Gasteiger partial charge in [-0.2, -0.15) is 5.10 Å². The molecule has 0 aliphatic carbocycles. The third-order valence-corrected chi connectivity index (χ3v) is 5.34.